The summed E-state index contributed by atoms with van der Waals surface area (Å²) in [5.41, 5.74) is -0.679. The molecule has 0 bridgehead atoms. The summed E-state index contributed by atoms with van der Waals surface area (Å²) in [4.78, 5) is 38.6. The maximum Gasteiger partial charge on any atom is 0.349 e. The van der Waals surface area contributed by atoms with Crippen molar-refractivity contribution < 1.29 is 14.1 Å². The fourth-order valence-electron chi connectivity index (χ4n) is 3.10. The highest BCUT2D eigenvalue weighted by Gasteiger charge is 2.21. The van der Waals surface area contributed by atoms with Crippen molar-refractivity contribution in [3.63, 3.8) is 0 Å². The van der Waals surface area contributed by atoms with Gasteiger partial charge in [0.2, 0.25) is 5.75 Å². The van der Waals surface area contributed by atoms with Crippen molar-refractivity contribution in [2.24, 2.45) is 5.10 Å². The van der Waals surface area contributed by atoms with E-state index in [0.717, 1.165) is 6.21 Å². The van der Waals surface area contributed by atoms with Crippen LogP contribution in [0.15, 0.2) is 79.8 Å². The van der Waals surface area contributed by atoms with Crippen molar-refractivity contribution in [3.05, 3.63) is 113 Å². The standard InChI is InChI=1S/C22H14BrFN4O5/c23-15-9-14(11-25-27-21(29)17-3-1-2-4-18(17)26-22(27)30)20(19(10-15)28(31)32)33-12-13-5-7-16(24)8-6-13/h1-11H,12H2,(H,26,30). The highest BCUT2D eigenvalue weighted by atomic mass is 79.9. The molecular weight excluding hydrogens is 499 g/mol. The van der Waals surface area contributed by atoms with Crippen molar-refractivity contribution in [2.75, 3.05) is 0 Å². The number of rotatable bonds is 6. The van der Waals surface area contributed by atoms with Crippen LogP contribution in [0.1, 0.15) is 11.1 Å². The first-order valence-electron chi connectivity index (χ1n) is 9.47. The summed E-state index contributed by atoms with van der Waals surface area (Å²) in [5.74, 6) is -0.547. The van der Waals surface area contributed by atoms with E-state index in [1.807, 2.05) is 0 Å². The third-order valence-corrected chi connectivity index (χ3v) is 5.11. The van der Waals surface area contributed by atoms with Gasteiger partial charge in [0.25, 0.3) is 5.56 Å². The number of hydrogen-bond acceptors (Lipinski definition) is 6. The van der Waals surface area contributed by atoms with Crippen LogP contribution in [0.3, 0.4) is 0 Å². The number of nitrogens with zero attached hydrogens (tertiary/aromatic N) is 3. The van der Waals surface area contributed by atoms with Crippen LogP contribution in [0.25, 0.3) is 10.9 Å². The van der Waals surface area contributed by atoms with Gasteiger partial charge in [0, 0.05) is 16.1 Å². The molecule has 33 heavy (non-hydrogen) atoms. The number of para-hydroxylation sites is 1. The molecule has 0 atom stereocenters. The minimum atomic E-state index is -0.770. The van der Waals surface area contributed by atoms with E-state index in [1.54, 1.807) is 24.3 Å². The molecule has 0 amide bonds. The number of nitro groups is 1. The zero-order valence-corrected chi connectivity index (χ0v) is 18.3. The SMILES string of the molecule is O=c1[nH]c2ccccc2c(=O)n1N=Cc1cc(Br)cc([N+](=O)[O-])c1OCc1ccc(F)cc1. The molecule has 0 fully saturated rings. The Balaban J connectivity index is 1.77. The van der Waals surface area contributed by atoms with Gasteiger partial charge in [-0.1, -0.05) is 40.2 Å². The summed E-state index contributed by atoms with van der Waals surface area (Å²) in [6.07, 6.45) is 1.13. The van der Waals surface area contributed by atoms with Gasteiger partial charge in [-0.15, -0.1) is 4.68 Å². The lowest BCUT2D eigenvalue weighted by molar-refractivity contribution is -0.386. The van der Waals surface area contributed by atoms with Gasteiger partial charge in [-0.3, -0.25) is 14.9 Å². The van der Waals surface area contributed by atoms with E-state index in [9.17, 15) is 24.1 Å². The Bertz CT molecular complexity index is 1510. The smallest absolute Gasteiger partial charge is 0.349 e. The minimum Gasteiger partial charge on any atom is -0.481 e. The summed E-state index contributed by atoms with van der Waals surface area (Å²) in [7, 11) is 0. The fraction of sp³-hybridized carbons (Fsp3) is 0.0455. The lowest BCUT2D eigenvalue weighted by Crippen LogP contribution is -2.32. The summed E-state index contributed by atoms with van der Waals surface area (Å²) >= 11 is 3.21. The Kier molecular flexibility index (Phi) is 6.13. The van der Waals surface area contributed by atoms with Crippen LogP contribution in [0.4, 0.5) is 10.1 Å². The predicted molar refractivity (Wildman–Crippen MR) is 123 cm³/mol. The van der Waals surface area contributed by atoms with Gasteiger partial charge < -0.3 is 9.72 Å². The van der Waals surface area contributed by atoms with E-state index in [1.165, 1.54) is 36.4 Å². The maximum absolute atomic E-state index is 13.1. The highest BCUT2D eigenvalue weighted by Crippen LogP contribution is 2.34. The molecule has 4 rings (SSSR count). The molecule has 11 heteroatoms. The molecule has 0 saturated heterocycles. The van der Waals surface area contributed by atoms with Crippen molar-refractivity contribution >= 4 is 38.7 Å². The third-order valence-electron chi connectivity index (χ3n) is 4.65. The molecule has 1 aromatic heterocycles. The van der Waals surface area contributed by atoms with Gasteiger partial charge in [-0.2, -0.15) is 5.10 Å². The van der Waals surface area contributed by atoms with Crippen LogP contribution in [0, 0.1) is 15.9 Å². The molecule has 9 nitrogen and oxygen atoms in total. The van der Waals surface area contributed by atoms with Gasteiger partial charge in [-0.25, -0.2) is 9.18 Å². The maximum atomic E-state index is 13.1. The zero-order chi connectivity index (χ0) is 23.5. The molecule has 0 radical (unpaired) electrons. The number of nitro benzene ring substituents is 1. The summed E-state index contributed by atoms with van der Waals surface area (Å²) in [6, 6.07) is 14.7. The van der Waals surface area contributed by atoms with Crippen LogP contribution in [0.5, 0.6) is 5.75 Å². The van der Waals surface area contributed by atoms with Crippen molar-refractivity contribution in [3.8, 4) is 5.75 Å². The summed E-state index contributed by atoms with van der Waals surface area (Å²) in [5, 5.41) is 15.8. The van der Waals surface area contributed by atoms with E-state index in [2.05, 4.69) is 26.0 Å². The van der Waals surface area contributed by atoms with E-state index in [-0.39, 0.29) is 29.0 Å². The van der Waals surface area contributed by atoms with Crippen LogP contribution in [0.2, 0.25) is 0 Å². The molecule has 1 heterocycles. The second kappa shape index (κ2) is 9.17. The number of halogens is 2. The number of nitrogens with one attached hydrogen (secondary N) is 1. The Morgan fingerprint density at radius 1 is 1.15 bits per heavy atom. The Morgan fingerprint density at radius 3 is 2.61 bits per heavy atom. The third kappa shape index (κ3) is 4.72. The topological polar surface area (TPSA) is 120 Å². The first-order chi connectivity index (χ1) is 15.8. The van der Waals surface area contributed by atoms with Gasteiger partial charge in [0.05, 0.1) is 22.0 Å². The normalized spacial score (nSPS) is 11.2. The Labute approximate surface area is 193 Å². The van der Waals surface area contributed by atoms with Crippen molar-refractivity contribution in [1.29, 1.82) is 0 Å². The van der Waals surface area contributed by atoms with Gasteiger partial charge in [0.15, 0.2) is 0 Å². The molecule has 0 saturated carbocycles. The number of benzene rings is 3. The van der Waals surface area contributed by atoms with E-state index >= 15 is 0 Å². The molecule has 0 aliphatic carbocycles. The molecular formula is C22H14BrFN4O5. The first kappa shape index (κ1) is 22.1. The quantitative estimate of drug-likeness (QED) is 0.238. The van der Waals surface area contributed by atoms with Gasteiger partial charge in [0.1, 0.15) is 12.4 Å². The van der Waals surface area contributed by atoms with Crippen LogP contribution in [-0.2, 0) is 6.61 Å². The molecule has 3 aromatic carbocycles. The Morgan fingerprint density at radius 2 is 1.88 bits per heavy atom. The molecule has 0 spiro atoms. The monoisotopic (exact) mass is 512 g/mol. The van der Waals surface area contributed by atoms with E-state index in [4.69, 9.17) is 4.74 Å². The largest absolute Gasteiger partial charge is 0.481 e. The second-order valence-corrected chi connectivity index (χ2v) is 7.77. The summed E-state index contributed by atoms with van der Waals surface area (Å²) < 4.78 is 19.8. The molecule has 0 unspecified atom stereocenters. The molecule has 4 aromatic rings. The zero-order valence-electron chi connectivity index (χ0n) is 16.7. The lowest BCUT2D eigenvalue weighted by atomic mass is 10.2. The molecule has 1 N–H and O–H groups in total. The fourth-order valence-corrected chi connectivity index (χ4v) is 3.57. The lowest BCUT2D eigenvalue weighted by Gasteiger charge is -2.10. The average molecular weight is 513 g/mol. The van der Waals surface area contributed by atoms with Crippen LogP contribution in [-0.4, -0.2) is 20.8 Å². The number of aromatic nitrogens is 2. The minimum absolute atomic E-state index is 0.0832. The van der Waals surface area contributed by atoms with Gasteiger partial charge in [-0.05, 0) is 35.9 Å². The van der Waals surface area contributed by atoms with E-state index in [0.29, 0.717) is 20.2 Å². The number of hydrogen-bond donors (Lipinski definition) is 1. The number of ether oxygens (including phenoxy) is 1. The Hall–Kier alpha value is -4.12. The first-order valence-corrected chi connectivity index (χ1v) is 10.3. The second-order valence-electron chi connectivity index (χ2n) is 6.85. The van der Waals surface area contributed by atoms with Gasteiger partial charge >= 0.3 is 11.4 Å². The van der Waals surface area contributed by atoms with E-state index < -0.39 is 22.0 Å². The molecule has 0 aliphatic rings. The molecule has 0 aliphatic heterocycles. The number of fused-ring (bicyclic) bond motifs is 1. The number of H-pyrrole nitrogens is 1. The predicted octanol–water partition coefficient (Wildman–Crippen LogP) is 3.96. The average Bonchev–Trinajstić information content (AvgIpc) is 2.79. The highest BCUT2D eigenvalue weighted by molar-refractivity contribution is 9.10. The molecule has 166 valence electrons. The number of aromatic amines is 1. The van der Waals surface area contributed by atoms with Crippen molar-refractivity contribution in [2.45, 2.75) is 6.61 Å². The van der Waals surface area contributed by atoms with Crippen molar-refractivity contribution in [1.82, 2.24) is 9.66 Å². The van der Waals surface area contributed by atoms with Crippen LogP contribution >= 0.6 is 15.9 Å². The summed E-state index contributed by atoms with van der Waals surface area (Å²) in [6.45, 7) is -0.0832. The van der Waals surface area contributed by atoms with Crippen LogP contribution < -0.4 is 16.0 Å².